The number of hydrogen-bond donors (Lipinski definition) is 0. The van der Waals surface area contributed by atoms with Crippen molar-refractivity contribution >= 4 is 7.25 Å². The van der Waals surface area contributed by atoms with Crippen LogP contribution in [0.3, 0.4) is 0 Å². The quantitative estimate of drug-likeness (QED) is 0.304. The van der Waals surface area contributed by atoms with Crippen LogP contribution in [0.15, 0.2) is 0 Å². The highest BCUT2D eigenvalue weighted by Crippen LogP contribution is 2.06. The van der Waals surface area contributed by atoms with Crippen LogP contribution in [0.5, 0.6) is 0 Å². The molecule has 0 heterocycles. The van der Waals surface area contributed by atoms with Gasteiger partial charge < -0.3 is 33.7 Å². The first kappa shape index (κ1) is 25.3. The fourth-order valence-electron chi connectivity index (χ4n) is 0. The zero-order chi connectivity index (χ0) is 4.50. The third kappa shape index (κ3) is 1100. The van der Waals surface area contributed by atoms with E-state index < -0.39 is 7.25 Å². The van der Waals surface area contributed by atoms with Crippen LogP contribution in [0, 0.1) is 0 Å². The number of halogens is 4. The van der Waals surface area contributed by atoms with Gasteiger partial charge in [-0.05, 0) is 0 Å². The van der Waals surface area contributed by atoms with Gasteiger partial charge >= 0.3 is 8.68 Å². The van der Waals surface area contributed by atoms with E-state index >= 15 is 0 Å². The summed E-state index contributed by atoms with van der Waals surface area (Å²) in [6.45, 7) is 0. The predicted molar refractivity (Wildman–Crippen MR) is 22.1 cm³/mol. The van der Waals surface area contributed by atoms with Gasteiger partial charge in [0.15, 0.2) is 0 Å². The van der Waals surface area contributed by atoms with Crippen LogP contribution in [0.25, 0.3) is 0 Å². The van der Waals surface area contributed by atoms with Crippen molar-refractivity contribution in [3.63, 3.8) is 0 Å². The topological polar surface area (TPSA) is 94.5 Å². The summed E-state index contributed by atoms with van der Waals surface area (Å²) in [6, 6.07) is 0. The van der Waals surface area contributed by atoms with E-state index in [9.17, 15) is 17.3 Å². The molecule has 0 aromatic carbocycles. The Morgan fingerprint density at radius 1 is 0.750 bits per heavy atom. The van der Waals surface area contributed by atoms with Crippen LogP contribution >= 0.6 is 0 Å². The Morgan fingerprint density at radius 3 is 0.750 bits per heavy atom. The molecule has 56 valence electrons. The van der Waals surface area contributed by atoms with E-state index in [1.807, 2.05) is 0 Å². The normalized spacial score (nSPS) is 7.50. The zero-order valence-electron chi connectivity index (χ0n) is 4.59. The smallest absolute Gasteiger partial charge is 0.418 e. The fourth-order valence-corrected chi connectivity index (χ4v) is 0. The molecule has 0 saturated carbocycles. The summed E-state index contributed by atoms with van der Waals surface area (Å²) in [4.78, 5) is 0. The Balaban J connectivity index is -0.0000000133. The summed E-state index contributed by atoms with van der Waals surface area (Å²) in [5.74, 6) is 0. The van der Waals surface area contributed by atoms with Gasteiger partial charge in [0, 0.05) is 0 Å². The van der Waals surface area contributed by atoms with Crippen LogP contribution in [-0.2, 0) is 0 Å². The lowest BCUT2D eigenvalue weighted by Crippen LogP contribution is -2.02. The second kappa shape index (κ2) is 6.66. The van der Waals surface area contributed by atoms with E-state index in [1.165, 1.54) is 0 Å². The number of hydrogen-bond acceptors (Lipinski definition) is 0. The SMILES string of the molecule is F[B-](F)(F)F.O.O.O.[H+]. The monoisotopic (exact) mass is 142 g/mol. The Hall–Kier alpha value is -0.335. The molecule has 0 amide bonds. The van der Waals surface area contributed by atoms with Gasteiger partial charge in [-0.2, -0.15) is 0 Å². The molecule has 0 bridgehead atoms. The van der Waals surface area contributed by atoms with Crippen molar-refractivity contribution < 1.29 is 35.1 Å². The summed E-state index contributed by atoms with van der Waals surface area (Å²) in [5.41, 5.74) is 0. The molecular weight excluding hydrogens is 135 g/mol. The van der Waals surface area contributed by atoms with Gasteiger partial charge in [-0.15, -0.1) is 0 Å². The molecule has 0 aliphatic heterocycles. The summed E-state index contributed by atoms with van der Waals surface area (Å²) in [5, 5.41) is 0. The van der Waals surface area contributed by atoms with E-state index in [4.69, 9.17) is 0 Å². The minimum atomic E-state index is -6.00. The molecule has 0 aliphatic rings. The van der Waals surface area contributed by atoms with Gasteiger partial charge in [0.05, 0.1) is 0 Å². The van der Waals surface area contributed by atoms with Crippen molar-refractivity contribution in [3.8, 4) is 0 Å². The largest absolute Gasteiger partial charge is 1.00 e. The standard InChI is InChI=1S/BF4.3H2O/c2-1(3,4)5;;;/h;3*1H2/q-1;;;/p+1. The lowest BCUT2D eigenvalue weighted by molar-refractivity contribution is 0.368. The Labute approximate surface area is 43.8 Å². The maximum Gasteiger partial charge on any atom is 1.00 e. The highest BCUT2D eigenvalue weighted by Gasteiger charge is 2.20. The third-order valence-corrected chi connectivity index (χ3v) is 0. The van der Waals surface area contributed by atoms with E-state index in [2.05, 4.69) is 0 Å². The van der Waals surface area contributed by atoms with E-state index in [1.54, 1.807) is 0 Å². The third-order valence-electron chi connectivity index (χ3n) is 0. The molecule has 0 aromatic heterocycles. The first-order valence-corrected chi connectivity index (χ1v) is 0.873. The van der Waals surface area contributed by atoms with Crippen LogP contribution in [0.4, 0.5) is 17.3 Å². The van der Waals surface area contributed by atoms with E-state index in [-0.39, 0.29) is 17.9 Å². The molecule has 0 unspecified atom stereocenters. The molecule has 0 aromatic rings. The molecule has 3 nitrogen and oxygen atoms in total. The summed E-state index contributed by atoms with van der Waals surface area (Å²) >= 11 is 0. The lowest BCUT2D eigenvalue weighted by Gasteiger charge is -1.94. The van der Waals surface area contributed by atoms with E-state index in [0.717, 1.165) is 0 Å². The summed E-state index contributed by atoms with van der Waals surface area (Å²) < 4.78 is 39.0. The highest BCUT2D eigenvalue weighted by atomic mass is 19.5. The van der Waals surface area contributed by atoms with Crippen molar-refractivity contribution in [1.29, 1.82) is 0 Å². The Morgan fingerprint density at radius 2 is 0.750 bits per heavy atom. The Bertz CT molecular complexity index is 31.3. The first-order valence-electron chi connectivity index (χ1n) is 0.873. The highest BCUT2D eigenvalue weighted by molar-refractivity contribution is 6.50. The average molecular weight is 142 g/mol. The van der Waals surface area contributed by atoms with Crippen LogP contribution in [0.1, 0.15) is 1.43 Å². The Kier molecular flexibility index (Phi) is 21.1. The molecule has 0 saturated heterocycles. The second-order valence-corrected chi connectivity index (χ2v) is 0.495. The average Bonchev–Trinajstić information content (AvgIpc) is 0.722. The maximum absolute atomic E-state index is 9.75. The molecule has 6 N–H and O–H groups in total. The number of rotatable bonds is 0. The second-order valence-electron chi connectivity index (χ2n) is 0.495. The predicted octanol–water partition coefficient (Wildman–Crippen LogP) is -1.06. The minimum absolute atomic E-state index is 0. The van der Waals surface area contributed by atoms with Crippen LogP contribution in [0.2, 0.25) is 0 Å². The maximum atomic E-state index is 9.75. The molecule has 0 fully saturated rings. The van der Waals surface area contributed by atoms with Crippen molar-refractivity contribution in [2.45, 2.75) is 0 Å². The molecule has 8 heavy (non-hydrogen) atoms. The molecule has 0 atom stereocenters. The van der Waals surface area contributed by atoms with Crippen molar-refractivity contribution in [3.05, 3.63) is 0 Å². The summed E-state index contributed by atoms with van der Waals surface area (Å²) in [7, 11) is -6.00. The molecule has 0 rings (SSSR count). The lowest BCUT2D eigenvalue weighted by atomic mass is 10.3. The summed E-state index contributed by atoms with van der Waals surface area (Å²) in [6.07, 6.45) is 0. The van der Waals surface area contributed by atoms with Gasteiger partial charge in [0.2, 0.25) is 0 Å². The molecule has 0 spiro atoms. The van der Waals surface area contributed by atoms with Gasteiger partial charge in [0.1, 0.15) is 0 Å². The van der Waals surface area contributed by atoms with Gasteiger partial charge in [-0.3, -0.25) is 0 Å². The molecule has 0 radical (unpaired) electrons. The van der Waals surface area contributed by atoms with Gasteiger partial charge in [-0.25, -0.2) is 0 Å². The van der Waals surface area contributed by atoms with Crippen molar-refractivity contribution in [2.75, 3.05) is 0 Å². The fraction of sp³-hybridized carbons (Fsp3) is 0. The van der Waals surface area contributed by atoms with Crippen LogP contribution in [-0.4, -0.2) is 23.7 Å². The molecule has 8 heteroatoms. The minimum Gasteiger partial charge on any atom is -0.418 e. The van der Waals surface area contributed by atoms with Crippen LogP contribution < -0.4 is 0 Å². The first-order chi connectivity index (χ1) is 2.00. The van der Waals surface area contributed by atoms with Crippen molar-refractivity contribution in [2.24, 2.45) is 0 Å². The van der Waals surface area contributed by atoms with Crippen molar-refractivity contribution in [1.82, 2.24) is 0 Å². The zero-order valence-corrected chi connectivity index (χ0v) is 3.59. The van der Waals surface area contributed by atoms with Gasteiger partial charge in [-0.1, -0.05) is 0 Å². The molecular formula is H7BF4O3. The van der Waals surface area contributed by atoms with Gasteiger partial charge in [0.25, 0.3) is 0 Å². The molecule has 0 aliphatic carbocycles. The van der Waals surface area contributed by atoms with E-state index in [0.29, 0.717) is 0 Å².